The van der Waals surface area contributed by atoms with E-state index in [4.69, 9.17) is 15.0 Å². The molecule has 2 rings (SSSR count). The number of hydrogen-bond acceptors (Lipinski definition) is 4. The predicted octanol–water partition coefficient (Wildman–Crippen LogP) is 2.72. The van der Waals surface area contributed by atoms with E-state index in [1.807, 2.05) is 6.92 Å². The lowest BCUT2D eigenvalue weighted by Crippen LogP contribution is -2.08. The van der Waals surface area contributed by atoms with E-state index < -0.39 is 0 Å². The van der Waals surface area contributed by atoms with E-state index >= 15 is 0 Å². The van der Waals surface area contributed by atoms with E-state index in [1.165, 1.54) is 12.1 Å². The molecule has 0 bridgehead atoms. The second kappa shape index (κ2) is 5.18. The molecule has 5 heteroatoms. The molecule has 1 atom stereocenters. The Morgan fingerprint density at radius 3 is 2.83 bits per heavy atom. The summed E-state index contributed by atoms with van der Waals surface area (Å²) in [6, 6.07) is 5.87. The first-order chi connectivity index (χ1) is 8.56. The van der Waals surface area contributed by atoms with Crippen molar-refractivity contribution in [3.8, 4) is 5.75 Å². The van der Waals surface area contributed by atoms with Gasteiger partial charge in [0.05, 0.1) is 0 Å². The van der Waals surface area contributed by atoms with Crippen LogP contribution in [0.4, 0.5) is 4.39 Å². The van der Waals surface area contributed by atoms with Gasteiger partial charge in [0.25, 0.3) is 0 Å². The number of rotatable bonds is 4. The predicted molar refractivity (Wildman–Crippen MR) is 64.6 cm³/mol. The van der Waals surface area contributed by atoms with Gasteiger partial charge in [-0.3, -0.25) is 0 Å². The maximum absolute atomic E-state index is 13.2. The van der Waals surface area contributed by atoms with Crippen LogP contribution in [0, 0.1) is 12.7 Å². The van der Waals surface area contributed by atoms with Crippen LogP contribution in [-0.2, 0) is 6.61 Å². The van der Waals surface area contributed by atoms with E-state index in [0.717, 1.165) is 5.56 Å². The molecule has 0 saturated heterocycles. The summed E-state index contributed by atoms with van der Waals surface area (Å²) in [6.45, 7) is 3.84. The van der Waals surface area contributed by atoms with Gasteiger partial charge in [0.2, 0.25) is 0 Å². The SMILES string of the molecule is Cc1cc(COc2cc(F)ccc2[C@@H](C)N)no1. The van der Waals surface area contributed by atoms with Gasteiger partial charge in [-0.25, -0.2) is 4.39 Å². The summed E-state index contributed by atoms with van der Waals surface area (Å²) in [6.07, 6.45) is 0. The molecule has 4 nitrogen and oxygen atoms in total. The van der Waals surface area contributed by atoms with Crippen molar-refractivity contribution in [2.45, 2.75) is 26.5 Å². The van der Waals surface area contributed by atoms with Crippen molar-refractivity contribution in [3.05, 3.63) is 47.1 Å². The molecule has 2 N–H and O–H groups in total. The van der Waals surface area contributed by atoms with Gasteiger partial charge in [0.1, 0.15) is 29.6 Å². The minimum absolute atomic E-state index is 0.223. The Morgan fingerprint density at radius 2 is 2.22 bits per heavy atom. The molecule has 0 aliphatic carbocycles. The monoisotopic (exact) mass is 250 g/mol. The molecule has 0 amide bonds. The van der Waals surface area contributed by atoms with Gasteiger partial charge in [-0.15, -0.1) is 0 Å². The van der Waals surface area contributed by atoms with E-state index in [1.54, 1.807) is 19.1 Å². The second-order valence-electron chi connectivity index (χ2n) is 4.19. The average Bonchev–Trinajstić information content (AvgIpc) is 2.72. The van der Waals surface area contributed by atoms with Gasteiger partial charge < -0.3 is 15.0 Å². The Hall–Kier alpha value is -1.88. The van der Waals surface area contributed by atoms with Crippen LogP contribution in [-0.4, -0.2) is 5.16 Å². The van der Waals surface area contributed by atoms with Crippen molar-refractivity contribution < 1.29 is 13.7 Å². The lowest BCUT2D eigenvalue weighted by molar-refractivity contribution is 0.283. The van der Waals surface area contributed by atoms with Crippen molar-refractivity contribution >= 4 is 0 Å². The summed E-state index contributed by atoms with van der Waals surface area (Å²) in [5.41, 5.74) is 7.22. The molecule has 0 saturated carbocycles. The third-order valence-corrected chi connectivity index (χ3v) is 2.52. The highest BCUT2D eigenvalue weighted by molar-refractivity contribution is 5.36. The fourth-order valence-electron chi connectivity index (χ4n) is 1.65. The van der Waals surface area contributed by atoms with Crippen LogP contribution in [0.5, 0.6) is 5.75 Å². The first kappa shape index (κ1) is 12.6. The van der Waals surface area contributed by atoms with E-state index in [2.05, 4.69) is 5.16 Å². The third-order valence-electron chi connectivity index (χ3n) is 2.52. The maximum atomic E-state index is 13.2. The number of nitrogens with two attached hydrogens (primary N) is 1. The molecule has 96 valence electrons. The van der Waals surface area contributed by atoms with Crippen molar-refractivity contribution in [2.24, 2.45) is 5.73 Å². The largest absolute Gasteiger partial charge is 0.487 e. The summed E-state index contributed by atoms with van der Waals surface area (Å²) in [5, 5.41) is 3.80. The summed E-state index contributed by atoms with van der Waals surface area (Å²) in [7, 11) is 0. The summed E-state index contributed by atoms with van der Waals surface area (Å²) in [4.78, 5) is 0. The van der Waals surface area contributed by atoms with Gasteiger partial charge in [-0.1, -0.05) is 11.2 Å². The van der Waals surface area contributed by atoms with Crippen LogP contribution in [0.1, 0.15) is 30.0 Å². The highest BCUT2D eigenvalue weighted by Crippen LogP contribution is 2.25. The Bertz CT molecular complexity index is 538. The number of ether oxygens (including phenoxy) is 1. The van der Waals surface area contributed by atoms with Gasteiger partial charge in [-0.05, 0) is 19.9 Å². The smallest absolute Gasteiger partial charge is 0.134 e. The quantitative estimate of drug-likeness (QED) is 0.906. The molecule has 0 aliphatic rings. The van der Waals surface area contributed by atoms with E-state index in [9.17, 15) is 4.39 Å². The lowest BCUT2D eigenvalue weighted by atomic mass is 10.1. The molecular formula is C13H15FN2O2. The van der Waals surface area contributed by atoms with Crippen molar-refractivity contribution in [1.82, 2.24) is 5.16 Å². The van der Waals surface area contributed by atoms with Crippen molar-refractivity contribution in [3.63, 3.8) is 0 Å². The Balaban J connectivity index is 2.15. The third kappa shape index (κ3) is 2.87. The van der Waals surface area contributed by atoms with E-state index in [-0.39, 0.29) is 18.5 Å². The highest BCUT2D eigenvalue weighted by atomic mass is 19.1. The number of benzene rings is 1. The normalized spacial score (nSPS) is 12.4. The first-order valence-corrected chi connectivity index (χ1v) is 5.66. The Kier molecular flexibility index (Phi) is 3.62. The van der Waals surface area contributed by atoms with Crippen LogP contribution in [0.3, 0.4) is 0 Å². The molecule has 0 aliphatic heterocycles. The first-order valence-electron chi connectivity index (χ1n) is 5.66. The molecule has 0 radical (unpaired) electrons. The van der Waals surface area contributed by atoms with E-state index in [0.29, 0.717) is 17.2 Å². The van der Waals surface area contributed by atoms with Crippen LogP contribution >= 0.6 is 0 Å². The van der Waals surface area contributed by atoms with Crippen LogP contribution in [0.15, 0.2) is 28.8 Å². The molecule has 0 spiro atoms. The zero-order valence-electron chi connectivity index (χ0n) is 10.3. The minimum atomic E-state index is -0.356. The molecule has 1 heterocycles. The fourth-order valence-corrected chi connectivity index (χ4v) is 1.65. The van der Waals surface area contributed by atoms with Gasteiger partial charge in [-0.2, -0.15) is 0 Å². The minimum Gasteiger partial charge on any atom is -0.487 e. The van der Waals surface area contributed by atoms with Crippen LogP contribution in [0.25, 0.3) is 0 Å². The standard InChI is InChI=1S/C13H15FN2O2/c1-8-5-11(16-18-8)7-17-13-6-10(14)3-4-12(13)9(2)15/h3-6,9H,7,15H2,1-2H3/t9-/m1/s1. The average molecular weight is 250 g/mol. The maximum Gasteiger partial charge on any atom is 0.134 e. The fraction of sp³-hybridized carbons (Fsp3) is 0.308. The zero-order valence-corrected chi connectivity index (χ0v) is 10.3. The second-order valence-corrected chi connectivity index (χ2v) is 4.19. The molecule has 1 aromatic heterocycles. The highest BCUT2D eigenvalue weighted by Gasteiger charge is 2.10. The van der Waals surface area contributed by atoms with Gasteiger partial charge >= 0.3 is 0 Å². The number of hydrogen-bond donors (Lipinski definition) is 1. The Morgan fingerprint density at radius 1 is 1.44 bits per heavy atom. The molecular weight excluding hydrogens is 235 g/mol. The molecule has 1 aromatic carbocycles. The van der Waals surface area contributed by atoms with Gasteiger partial charge in [0.15, 0.2) is 0 Å². The number of aryl methyl sites for hydroxylation is 1. The topological polar surface area (TPSA) is 61.3 Å². The van der Waals surface area contributed by atoms with Gasteiger partial charge in [0, 0.05) is 23.7 Å². The van der Waals surface area contributed by atoms with Crippen molar-refractivity contribution in [1.29, 1.82) is 0 Å². The molecule has 0 fully saturated rings. The summed E-state index contributed by atoms with van der Waals surface area (Å²) < 4.78 is 23.6. The number of aromatic nitrogens is 1. The van der Waals surface area contributed by atoms with Crippen molar-refractivity contribution in [2.75, 3.05) is 0 Å². The van der Waals surface area contributed by atoms with Crippen LogP contribution in [0.2, 0.25) is 0 Å². The van der Waals surface area contributed by atoms with Crippen LogP contribution < -0.4 is 10.5 Å². The number of halogens is 1. The lowest BCUT2D eigenvalue weighted by Gasteiger charge is -2.13. The number of nitrogens with zero attached hydrogens (tertiary/aromatic N) is 1. The molecule has 0 unspecified atom stereocenters. The summed E-state index contributed by atoms with van der Waals surface area (Å²) >= 11 is 0. The zero-order chi connectivity index (χ0) is 13.1. The molecule has 2 aromatic rings. The Labute approximate surface area is 105 Å². The summed E-state index contributed by atoms with van der Waals surface area (Å²) in [5.74, 6) is 0.789. The molecule has 18 heavy (non-hydrogen) atoms.